The minimum absolute atomic E-state index is 0.492. The molecule has 1 heterocycles. The highest BCUT2D eigenvalue weighted by atomic mass is 16.5. The third kappa shape index (κ3) is 3.69. The van der Waals surface area contributed by atoms with Crippen LogP contribution in [0.4, 0.5) is 0 Å². The van der Waals surface area contributed by atoms with Crippen LogP contribution in [0.25, 0.3) is 0 Å². The number of nitrogens with one attached hydrogen (secondary N) is 1. The van der Waals surface area contributed by atoms with E-state index in [2.05, 4.69) is 10.3 Å². The van der Waals surface area contributed by atoms with Gasteiger partial charge in [-0.1, -0.05) is 12.1 Å². The number of benzene rings is 1. The molecule has 2 rings (SSSR count). The SMILES string of the molecule is CCOc1cccnc1Oc1cccc(CNC)c1. The molecular formula is C15H18N2O2. The second kappa shape index (κ2) is 6.75. The molecule has 0 bridgehead atoms. The smallest absolute Gasteiger partial charge is 0.262 e. The first-order valence-electron chi connectivity index (χ1n) is 6.32. The van der Waals surface area contributed by atoms with Gasteiger partial charge < -0.3 is 14.8 Å². The van der Waals surface area contributed by atoms with Crippen molar-refractivity contribution in [3.05, 3.63) is 48.2 Å². The van der Waals surface area contributed by atoms with E-state index in [4.69, 9.17) is 9.47 Å². The van der Waals surface area contributed by atoms with E-state index >= 15 is 0 Å². The molecule has 0 fully saturated rings. The quantitative estimate of drug-likeness (QED) is 0.865. The second-order valence-electron chi connectivity index (χ2n) is 4.02. The molecule has 0 aliphatic carbocycles. The molecule has 0 atom stereocenters. The van der Waals surface area contributed by atoms with Crippen molar-refractivity contribution in [3.8, 4) is 17.4 Å². The lowest BCUT2D eigenvalue weighted by Crippen LogP contribution is -2.04. The summed E-state index contributed by atoms with van der Waals surface area (Å²) in [4.78, 5) is 4.21. The van der Waals surface area contributed by atoms with Gasteiger partial charge in [-0.2, -0.15) is 0 Å². The van der Waals surface area contributed by atoms with Crippen molar-refractivity contribution in [1.29, 1.82) is 0 Å². The Kier molecular flexibility index (Phi) is 4.75. The van der Waals surface area contributed by atoms with Gasteiger partial charge in [-0.15, -0.1) is 0 Å². The normalized spacial score (nSPS) is 10.2. The molecule has 1 aromatic heterocycles. The number of nitrogens with zero attached hydrogens (tertiary/aromatic N) is 1. The lowest BCUT2D eigenvalue weighted by molar-refractivity contribution is 0.316. The van der Waals surface area contributed by atoms with Crippen molar-refractivity contribution in [2.45, 2.75) is 13.5 Å². The predicted molar refractivity (Wildman–Crippen MR) is 74.7 cm³/mol. The van der Waals surface area contributed by atoms with E-state index in [1.807, 2.05) is 50.4 Å². The van der Waals surface area contributed by atoms with E-state index in [0.29, 0.717) is 18.2 Å². The Bertz CT molecular complexity index is 529. The summed E-state index contributed by atoms with van der Waals surface area (Å²) in [6.07, 6.45) is 1.69. The van der Waals surface area contributed by atoms with Crippen LogP contribution in [0.15, 0.2) is 42.6 Å². The van der Waals surface area contributed by atoms with Crippen molar-refractivity contribution >= 4 is 0 Å². The molecule has 4 heteroatoms. The average Bonchev–Trinajstić information content (AvgIpc) is 2.42. The molecule has 1 N–H and O–H groups in total. The van der Waals surface area contributed by atoms with E-state index in [1.165, 1.54) is 0 Å². The summed E-state index contributed by atoms with van der Waals surface area (Å²) in [5.41, 5.74) is 1.16. The summed E-state index contributed by atoms with van der Waals surface area (Å²) in [6, 6.07) is 11.6. The lowest BCUT2D eigenvalue weighted by atomic mass is 10.2. The maximum atomic E-state index is 5.79. The summed E-state index contributed by atoms with van der Waals surface area (Å²) in [7, 11) is 1.92. The van der Waals surface area contributed by atoms with Crippen LogP contribution in [0.3, 0.4) is 0 Å². The first kappa shape index (κ1) is 13.4. The summed E-state index contributed by atoms with van der Waals surface area (Å²) < 4.78 is 11.3. The van der Waals surface area contributed by atoms with Gasteiger partial charge in [0.2, 0.25) is 0 Å². The minimum Gasteiger partial charge on any atom is -0.488 e. The zero-order valence-corrected chi connectivity index (χ0v) is 11.2. The fraction of sp³-hybridized carbons (Fsp3) is 0.267. The molecule has 0 aliphatic rings. The van der Waals surface area contributed by atoms with Crippen LogP contribution in [0, 0.1) is 0 Å². The summed E-state index contributed by atoms with van der Waals surface area (Å²) in [5, 5.41) is 3.11. The number of ether oxygens (including phenoxy) is 2. The Balaban J connectivity index is 2.18. The molecule has 0 unspecified atom stereocenters. The minimum atomic E-state index is 0.492. The lowest BCUT2D eigenvalue weighted by Gasteiger charge is -2.10. The molecule has 0 spiro atoms. The first-order valence-corrected chi connectivity index (χ1v) is 6.32. The number of hydrogen-bond donors (Lipinski definition) is 1. The predicted octanol–water partition coefficient (Wildman–Crippen LogP) is 2.99. The van der Waals surface area contributed by atoms with Gasteiger partial charge in [-0.25, -0.2) is 4.98 Å². The van der Waals surface area contributed by atoms with Gasteiger partial charge in [0.25, 0.3) is 5.88 Å². The molecule has 0 saturated heterocycles. The zero-order valence-electron chi connectivity index (χ0n) is 11.2. The summed E-state index contributed by atoms with van der Waals surface area (Å²) in [5.74, 6) is 1.90. The maximum Gasteiger partial charge on any atom is 0.262 e. The van der Waals surface area contributed by atoms with Crippen LogP contribution in [0.5, 0.6) is 17.4 Å². The summed E-state index contributed by atoms with van der Waals surface area (Å²) >= 11 is 0. The van der Waals surface area contributed by atoms with Gasteiger partial charge >= 0.3 is 0 Å². The highest BCUT2D eigenvalue weighted by Crippen LogP contribution is 2.29. The van der Waals surface area contributed by atoms with Gasteiger partial charge in [0.15, 0.2) is 5.75 Å². The Labute approximate surface area is 113 Å². The molecule has 1 aromatic carbocycles. The number of rotatable bonds is 6. The van der Waals surface area contributed by atoms with Crippen LogP contribution < -0.4 is 14.8 Å². The average molecular weight is 258 g/mol. The van der Waals surface area contributed by atoms with E-state index in [0.717, 1.165) is 17.9 Å². The second-order valence-corrected chi connectivity index (χ2v) is 4.02. The first-order chi connectivity index (χ1) is 9.33. The van der Waals surface area contributed by atoms with Crippen molar-refractivity contribution in [2.75, 3.05) is 13.7 Å². The summed E-state index contributed by atoms with van der Waals surface area (Å²) in [6.45, 7) is 3.32. The van der Waals surface area contributed by atoms with E-state index < -0.39 is 0 Å². The van der Waals surface area contributed by atoms with Crippen molar-refractivity contribution in [3.63, 3.8) is 0 Å². The number of aromatic nitrogens is 1. The van der Waals surface area contributed by atoms with Gasteiger partial charge in [0.1, 0.15) is 5.75 Å². The third-order valence-corrected chi connectivity index (χ3v) is 2.53. The van der Waals surface area contributed by atoms with Crippen LogP contribution in [-0.4, -0.2) is 18.6 Å². The monoisotopic (exact) mass is 258 g/mol. The molecule has 19 heavy (non-hydrogen) atoms. The van der Waals surface area contributed by atoms with Crippen molar-refractivity contribution in [1.82, 2.24) is 10.3 Å². The molecule has 100 valence electrons. The molecule has 0 saturated carbocycles. The zero-order chi connectivity index (χ0) is 13.5. The van der Waals surface area contributed by atoms with E-state index in [9.17, 15) is 0 Å². The Morgan fingerprint density at radius 2 is 2.11 bits per heavy atom. The highest BCUT2D eigenvalue weighted by Gasteiger charge is 2.07. The Morgan fingerprint density at radius 3 is 2.89 bits per heavy atom. The fourth-order valence-electron chi connectivity index (χ4n) is 1.75. The van der Waals surface area contributed by atoms with Crippen molar-refractivity contribution in [2.24, 2.45) is 0 Å². The Hall–Kier alpha value is -2.07. The largest absolute Gasteiger partial charge is 0.488 e. The number of pyridine rings is 1. The molecule has 0 aliphatic heterocycles. The van der Waals surface area contributed by atoms with Crippen molar-refractivity contribution < 1.29 is 9.47 Å². The van der Waals surface area contributed by atoms with Crippen LogP contribution in [-0.2, 0) is 6.54 Å². The molecule has 0 radical (unpaired) electrons. The maximum absolute atomic E-state index is 5.79. The highest BCUT2D eigenvalue weighted by molar-refractivity contribution is 5.38. The van der Waals surface area contributed by atoms with E-state index in [1.54, 1.807) is 6.20 Å². The fourth-order valence-corrected chi connectivity index (χ4v) is 1.75. The molecule has 0 amide bonds. The Morgan fingerprint density at radius 1 is 1.21 bits per heavy atom. The molecule has 4 nitrogen and oxygen atoms in total. The molecule has 2 aromatic rings. The molecular weight excluding hydrogens is 240 g/mol. The topological polar surface area (TPSA) is 43.4 Å². The van der Waals surface area contributed by atoms with Gasteiger partial charge in [0.05, 0.1) is 6.61 Å². The third-order valence-electron chi connectivity index (χ3n) is 2.53. The standard InChI is InChI=1S/C15H18N2O2/c1-3-18-14-8-5-9-17-15(14)19-13-7-4-6-12(10-13)11-16-2/h4-10,16H,3,11H2,1-2H3. The van der Waals surface area contributed by atoms with Gasteiger partial charge in [-0.3, -0.25) is 0 Å². The van der Waals surface area contributed by atoms with Crippen LogP contribution in [0.2, 0.25) is 0 Å². The van der Waals surface area contributed by atoms with Gasteiger partial charge in [-0.05, 0) is 43.8 Å². The van der Waals surface area contributed by atoms with Gasteiger partial charge in [0, 0.05) is 12.7 Å². The van der Waals surface area contributed by atoms with Crippen LogP contribution >= 0.6 is 0 Å². The van der Waals surface area contributed by atoms with E-state index in [-0.39, 0.29) is 0 Å². The van der Waals surface area contributed by atoms with Crippen LogP contribution in [0.1, 0.15) is 12.5 Å². The number of hydrogen-bond acceptors (Lipinski definition) is 4.